The van der Waals surface area contributed by atoms with Crippen molar-refractivity contribution in [2.24, 2.45) is 11.8 Å². The fraction of sp³-hybridized carbons (Fsp3) is 0.600. The second-order valence-corrected chi connectivity index (χ2v) is 8.23. The zero-order chi connectivity index (χ0) is 19.0. The van der Waals surface area contributed by atoms with Crippen LogP contribution in [0.3, 0.4) is 0 Å². The van der Waals surface area contributed by atoms with Gasteiger partial charge in [-0.15, -0.1) is 12.4 Å². The highest BCUT2D eigenvalue weighted by molar-refractivity contribution is 6.30. The van der Waals surface area contributed by atoms with Crippen LogP contribution in [0.15, 0.2) is 18.2 Å². The van der Waals surface area contributed by atoms with E-state index in [4.69, 9.17) is 16.3 Å². The van der Waals surface area contributed by atoms with E-state index in [9.17, 15) is 9.59 Å². The molecule has 1 aromatic carbocycles. The van der Waals surface area contributed by atoms with Gasteiger partial charge < -0.3 is 20.3 Å². The maximum Gasteiger partial charge on any atom is 0.255 e. The van der Waals surface area contributed by atoms with Crippen molar-refractivity contribution in [3.63, 3.8) is 0 Å². The maximum atomic E-state index is 12.7. The van der Waals surface area contributed by atoms with E-state index in [1.54, 1.807) is 18.2 Å². The first kappa shape index (κ1) is 21.2. The lowest BCUT2D eigenvalue weighted by Crippen LogP contribution is -2.66. The zero-order valence-corrected chi connectivity index (χ0v) is 17.5. The Kier molecular flexibility index (Phi) is 6.73. The second-order valence-electron chi connectivity index (χ2n) is 7.80. The third-order valence-corrected chi connectivity index (χ3v) is 6.52. The Hall–Kier alpha value is -1.50. The number of piperidine rings is 3. The molecule has 4 rings (SSSR count). The molecule has 2 bridgehead atoms. The Labute approximate surface area is 176 Å². The summed E-state index contributed by atoms with van der Waals surface area (Å²) in [4.78, 5) is 27.5. The number of ether oxygens (including phenoxy) is 1. The van der Waals surface area contributed by atoms with Crippen molar-refractivity contribution in [2.75, 3.05) is 26.7 Å². The molecule has 3 fully saturated rings. The molecule has 154 valence electrons. The number of fused-ring (bicyclic) bond motifs is 4. The van der Waals surface area contributed by atoms with E-state index in [1.807, 2.05) is 0 Å². The molecular formula is C20H27Cl2N3O3. The predicted molar refractivity (Wildman–Crippen MR) is 110 cm³/mol. The molecule has 0 unspecified atom stereocenters. The molecule has 28 heavy (non-hydrogen) atoms. The van der Waals surface area contributed by atoms with Crippen LogP contribution in [-0.2, 0) is 4.79 Å². The van der Waals surface area contributed by atoms with Crippen LogP contribution in [0.2, 0.25) is 5.02 Å². The van der Waals surface area contributed by atoms with E-state index >= 15 is 0 Å². The Morgan fingerprint density at radius 3 is 2.93 bits per heavy atom. The molecule has 3 aliphatic heterocycles. The fourth-order valence-electron chi connectivity index (χ4n) is 5.04. The molecule has 0 saturated carbocycles. The van der Waals surface area contributed by atoms with E-state index < -0.39 is 0 Å². The Morgan fingerprint density at radius 2 is 2.14 bits per heavy atom. The number of nitrogens with zero attached hydrogens (tertiary/aromatic N) is 1. The number of hydrogen-bond acceptors (Lipinski definition) is 4. The van der Waals surface area contributed by atoms with E-state index in [0.717, 1.165) is 32.4 Å². The number of carbonyl (C=O) groups excluding carboxylic acids is 2. The molecule has 0 radical (unpaired) electrons. The van der Waals surface area contributed by atoms with Gasteiger partial charge in [0.1, 0.15) is 5.75 Å². The summed E-state index contributed by atoms with van der Waals surface area (Å²) in [7, 11) is 1.52. The van der Waals surface area contributed by atoms with Crippen molar-refractivity contribution in [1.29, 1.82) is 0 Å². The molecule has 3 aliphatic rings. The molecular weight excluding hydrogens is 401 g/mol. The number of methoxy groups -OCH3 is 1. The Morgan fingerprint density at radius 1 is 1.36 bits per heavy atom. The monoisotopic (exact) mass is 427 g/mol. The van der Waals surface area contributed by atoms with Gasteiger partial charge in [-0.1, -0.05) is 11.6 Å². The average molecular weight is 428 g/mol. The summed E-state index contributed by atoms with van der Waals surface area (Å²) in [5.74, 6) is 1.42. The van der Waals surface area contributed by atoms with Gasteiger partial charge in [0.2, 0.25) is 5.91 Å². The van der Waals surface area contributed by atoms with E-state index in [-0.39, 0.29) is 30.3 Å². The second kappa shape index (κ2) is 8.89. The summed E-state index contributed by atoms with van der Waals surface area (Å²) in [6, 6.07) is 5.34. The number of benzene rings is 1. The van der Waals surface area contributed by atoms with Gasteiger partial charge in [0.05, 0.1) is 18.7 Å². The molecule has 6 nitrogen and oxygen atoms in total. The highest BCUT2D eigenvalue weighted by atomic mass is 35.5. The minimum atomic E-state index is -0.199. The predicted octanol–water partition coefficient (Wildman–Crippen LogP) is 2.49. The lowest BCUT2D eigenvalue weighted by Gasteiger charge is -2.54. The van der Waals surface area contributed by atoms with Gasteiger partial charge in [-0.3, -0.25) is 9.59 Å². The summed E-state index contributed by atoms with van der Waals surface area (Å²) in [5, 5.41) is 7.08. The van der Waals surface area contributed by atoms with E-state index in [0.29, 0.717) is 47.2 Å². The van der Waals surface area contributed by atoms with Gasteiger partial charge in [0.15, 0.2) is 0 Å². The van der Waals surface area contributed by atoms with Crippen LogP contribution in [-0.4, -0.2) is 55.5 Å². The van der Waals surface area contributed by atoms with Gasteiger partial charge in [-0.05, 0) is 55.8 Å². The molecule has 2 amide bonds. The Bertz CT molecular complexity index is 745. The molecule has 3 saturated heterocycles. The molecule has 8 heteroatoms. The molecule has 0 spiro atoms. The first-order chi connectivity index (χ1) is 13.1. The third-order valence-electron chi connectivity index (χ3n) is 6.28. The summed E-state index contributed by atoms with van der Waals surface area (Å²) in [6.45, 7) is 2.36. The smallest absolute Gasteiger partial charge is 0.255 e. The van der Waals surface area contributed by atoms with Crippen molar-refractivity contribution in [3.8, 4) is 5.75 Å². The first-order valence-corrected chi connectivity index (χ1v) is 10.1. The summed E-state index contributed by atoms with van der Waals surface area (Å²) in [5.41, 5.74) is 0.457. The van der Waals surface area contributed by atoms with Gasteiger partial charge >= 0.3 is 0 Å². The SMILES string of the molecule is COc1cc(Cl)ccc1C(=O)NC[C@H]1[C@@H]2CNC[C@@H](C2)[C@@H]2CCCC(=O)N21.Cl. The highest BCUT2D eigenvalue weighted by Gasteiger charge is 2.47. The third kappa shape index (κ3) is 3.95. The summed E-state index contributed by atoms with van der Waals surface area (Å²) < 4.78 is 5.29. The molecule has 4 atom stereocenters. The molecule has 0 aliphatic carbocycles. The first-order valence-electron chi connectivity index (χ1n) is 9.72. The van der Waals surface area contributed by atoms with Gasteiger partial charge in [0.25, 0.3) is 5.91 Å². The normalized spacial score (nSPS) is 28.8. The quantitative estimate of drug-likeness (QED) is 0.773. The average Bonchev–Trinajstić information content (AvgIpc) is 2.68. The minimum absolute atomic E-state index is 0. The number of hydrogen-bond donors (Lipinski definition) is 2. The topological polar surface area (TPSA) is 70.7 Å². The van der Waals surface area contributed by atoms with Crippen molar-refractivity contribution in [2.45, 2.75) is 37.8 Å². The van der Waals surface area contributed by atoms with Crippen LogP contribution in [0.1, 0.15) is 36.0 Å². The fourth-order valence-corrected chi connectivity index (χ4v) is 5.20. The van der Waals surface area contributed by atoms with Gasteiger partial charge in [-0.2, -0.15) is 0 Å². The lowest BCUT2D eigenvalue weighted by molar-refractivity contribution is -0.148. The lowest BCUT2D eigenvalue weighted by atomic mass is 9.72. The van der Waals surface area contributed by atoms with Crippen LogP contribution in [0, 0.1) is 11.8 Å². The number of carbonyl (C=O) groups is 2. The molecule has 2 N–H and O–H groups in total. The van der Waals surface area contributed by atoms with Gasteiger partial charge in [0, 0.05) is 30.6 Å². The van der Waals surface area contributed by atoms with Crippen molar-refractivity contribution in [3.05, 3.63) is 28.8 Å². The highest BCUT2D eigenvalue weighted by Crippen LogP contribution is 2.39. The standard InChI is InChI=1S/C20H26ClN3O3.ClH/c1-27-18-8-14(21)5-6-15(18)20(26)23-11-17-13-7-12(9-22-10-13)16-3-2-4-19(25)24(16)17;/h5-6,8,12-13,16-17,22H,2-4,7,9-11H2,1H3,(H,23,26);1H/t12-,13+,16+,17+;/m1./s1. The van der Waals surface area contributed by atoms with E-state index in [1.165, 1.54) is 7.11 Å². The number of rotatable bonds is 4. The minimum Gasteiger partial charge on any atom is -0.496 e. The molecule has 3 heterocycles. The maximum absolute atomic E-state index is 12.7. The largest absolute Gasteiger partial charge is 0.496 e. The number of halogens is 2. The van der Waals surface area contributed by atoms with Crippen molar-refractivity contribution >= 4 is 35.8 Å². The van der Waals surface area contributed by atoms with E-state index in [2.05, 4.69) is 15.5 Å². The zero-order valence-electron chi connectivity index (χ0n) is 15.9. The van der Waals surface area contributed by atoms with Crippen LogP contribution in [0.5, 0.6) is 5.75 Å². The number of nitrogens with one attached hydrogen (secondary N) is 2. The van der Waals surface area contributed by atoms with Crippen LogP contribution in [0.4, 0.5) is 0 Å². The number of amides is 2. The molecule has 1 aromatic rings. The Balaban J connectivity index is 0.00000225. The van der Waals surface area contributed by atoms with Crippen LogP contribution in [0.25, 0.3) is 0 Å². The van der Waals surface area contributed by atoms with Crippen molar-refractivity contribution in [1.82, 2.24) is 15.5 Å². The van der Waals surface area contributed by atoms with Gasteiger partial charge in [-0.25, -0.2) is 0 Å². The van der Waals surface area contributed by atoms with Crippen LogP contribution < -0.4 is 15.4 Å². The van der Waals surface area contributed by atoms with Crippen molar-refractivity contribution < 1.29 is 14.3 Å². The van der Waals surface area contributed by atoms with Crippen LogP contribution >= 0.6 is 24.0 Å². The summed E-state index contributed by atoms with van der Waals surface area (Å²) in [6.07, 6.45) is 3.80. The molecule has 0 aromatic heterocycles. The summed E-state index contributed by atoms with van der Waals surface area (Å²) >= 11 is 5.99.